The molecular weight excluding hydrogens is 578 g/mol. The van der Waals surface area contributed by atoms with Gasteiger partial charge < -0.3 is 10.6 Å². The maximum atomic E-state index is 13.7. The Balaban J connectivity index is 1.39. The molecular formula is C27H25F4N7O3S. The van der Waals surface area contributed by atoms with Gasteiger partial charge in [-0.05, 0) is 42.7 Å². The van der Waals surface area contributed by atoms with E-state index < -0.39 is 32.5 Å². The second kappa shape index (κ2) is 11.1. The Morgan fingerprint density at radius 3 is 2.60 bits per heavy atom. The zero-order valence-corrected chi connectivity index (χ0v) is 22.8. The van der Waals surface area contributed by atoms with Crippen molar-refractivity contribution in [2.24, 2.45) is 0 Å². The molecule has 1 saturated heterocycles. The Kier molecular flexibility index (Phi) is 7.72. The van der Waals surface area contributed by atoms with Crippen LogP contribution in [0.5, 0.6) is 0 Å². The Labute approximate surface area is 237 Å². The molecule has 3 heterocycles. The molecule has 220 valence electrons. The van der Waals surface area contributed by atoms with Gasteiger partial charge in [-0.1, -0.05) is 30.8 Å². The number of nitrogens with one attached hydrogen (secondary N) is 1. The molecule has 1 aliphatic heterocycles. The third-order valence-electron chi connectivity index (χ3n) is 6.95. The SMILES string of the molecule is C=CC(=O)N1CCCC(n2nc(-c3ccc(CNS(=O)(=O)c4cc(F)cc(C(F)(F)F)c4)cc3)c3c(N)ncnc32)C1. The topological polar surface area (TPSA) is 136 Å². The van der Waals surface area contributed by atoms with E-state index >= 15 is 0 Å². The molecule has 1 unspecified atom stereocenters. The standard InChI is InChI=1S/C27H25F4N7O3S/c1-2-22(39)37-9-3-4-20(14-37)38-26-23(25(32)33-15-34-26)24(36-38)17-7-5-16(6-8-17)13-35-42(40,41)21-11-18(27(29,30)31)10-19(28)12-21/h2,5-8,10-12,15,20,35H,1,3-4,9,13-14H2,(H2,32,33,34). The minimum absolute atomic E-state index is 0.164. The monoisotopic (exact) mass is 603 g/mol. The summed E-state index contributed by atoms with van der Waals surface area (Å²) < 4.78 is 82.1. The van der Waals surface area contributed by atoms with Crippen molar-refractivity contribution in [1.82, 2.24) is 29.4 Å². The van der Waals surface area contributed by atoms with Crippen molar-refractivity contribution >= 4 is 32.8 Å². The first-order valence-electron chi connectivity index (χ1n) is 12.7. The number of carbonyl (C=O) groups is 1. The maximum absolute atomic E-state index is 13.7. The number of rotatable bonds is 7. The average Bonchev–Trinajstić information content (AvgIpc) is 3.36. The summed E-state index contributed by atoms with van der Waals surface area (Å²) in [5.41, 5.74) is 6.90. The van der Waals surface area contributed by atoms with Gasteiger partial charge in [0.15, 0.2) is 5.65 Å². The van der Waals surface area contributed by atoms with Gasteiger partial charge in [-0.25, -0.2) is 32.2 Å². The van der Waals surface area contributed by atoms with E-state index in [-0.39, 0.29) is 30.4 Å². The number of nitrogen functional groups attached to an aromatic ring is 1. The summed E-state index contributed by atoms with van der Waals surface area (Å²) in [5.74, 6) is -1.28. The molecule has 0 radical (unpaired) electrons. The first-order valence-corrected chi connectivity index (χ1v) is 14.2. The summed E-state index contributed by atoms with van der Waals surface area (Å²) >= 11 is 0. The third-order valence-corrected chi connectivity index (χ3v) is 8.33. The predicted octanol–water partition coefficient (Wildman–Crippen LogP) is 4.06. The highest BCUT2D eigenvalue weighted by Crippen LogP contribution is 2.34. The van der Waals surface area contributed by atoms with Gasteiger partial charge in [-0.2, -0.15) is 18.3 Å². The largest absolute Gasteiger partial charge is 0.416 e. The third kappa shape index (κ3) is 5.83. The lowest BCUT2D eigenvalue weighted by atomic mass is 10.1. The van der Waals surface area contributed by atoms with E-state index in [0.29, 0.717) is 53.1 Å². The van der Waals surface area contributed by atoms with Crippen molar-refractivity contribution in [3.05, 3.63) is 78.4 Å². The lowest BCUT2D eigenvalue weighted by Crippen LogP contribution is -2.40. The lowest BCUT2D eigenvalue weighted by molar-refractivity contribution is -0.138. The number of fused-ring (bicyclic) bond motifs is 1. The molecule has 2 aromatic heterocycles. The molecule has 3 N–H and O–H groups in total. The van der Waals surface area contributed by atoms with Crippen LogP contribution in [-0.4, -0.2) is 52.1 Å². The molecule has 1 amide bonds. The Morgan fingerprint density at radius 2 is 1.90 bits per heavy atom. The molecule has 10 nitrogen and oxygen atoms in total. The fourth-order valence-corrected chi connectivity index (χ4v) is 5.93. The van der Waals surface area contributed by atoms with Crippen molar-refractivity contribution in [1.29, 1.82) is 0 Å². The van der Waals surface area contributed by atoms with Crippen LogP contribution >= 0.6 is 0 Å². The van der Waals surface area contributed by atoms with E-state index in [1.807, 2.05) is 0 Å². The van der Waals surface area contributed by atoms with Crippen molar-refractivity contribution in [2.75, 3.05) is 18.8 Å². The van der Waals surface area contributed by atoms with Crippen molar-refractivity contribution in [3.8, 4) is 11.3 Å². The van der Waals surface area contributed by atoms with Gasteiger partial charge in [0.1, 0.15) is 23.7 Å². The molecule has 0 aliphatic carbocycles. The molecule has 2 aromatic carbocycles. The van der Waals surface area contributed by atoms with Crippen molar-refractivity contribution < 1.29 is 30.8 Å². The summed E-state index contributed by atoms with van der Waals surface area (Å²) in [7, 11) is -4.46. The number of amides is 1. The van der Waals surface area contributed by atoms with Crippen molar-refractivity contribution in [3.63, 3.8) is 0 Å². The fourth-order valence-electron chi connectivity index (χ4n) is 4.86. The van der Waals surface area contributed by atoms with Crippen LogP contribution in [0.25, 0.3) is 22.3 Å². The number of nitrogens with zero attached hydrogens (tertiary/aromatic N) is 5. The number of anilines is 1. The van der Waals surface area contributed by atoms with Crippen LogP contribution in [0.4, 0.5) is 23.4 Å². The van der Waals surface area contributed by atoms with E-state index in [9.17, 15) is 30.8 Å². The molecule has 0 spiro atoms. The van der Waals surface area contributed by atoms with Crippen LogP contribution in [-0.2, 0) is 27.5 Å². The Bertz CT molecular complexity index is 1770. The number of hydrogen-bond acceptors (Lipinski definition) is 7. The number of nitrogens with two attached hydrogens (primary N) is 1. The van der Waals surface area contributed by atoms with Gasteiger partial charge in [0, 0.05) is 25.2 Å². The number of carbonyl (C=O) groups excluding carboxylic acids is 1. The number of likely N-dealkylation sites (tertiary alicyclic amines) is 1. The van der Waals surface area contributed by atoms with Crippen LogP contribution in [0.15, 0.2) is 66.3 Å². The molecule has 4 aromatic rings. The number of halogens is 4. The lowest BCUT2D eigenvalue weighted by Gasteiger charge is -2.32. The van der Waals surface area contributed by atoms with Gasteiger partial charge in [0.05, 0.1) is 21.9 Å². The Morgan fingerprint density at radius 1 is 1.17 bits per heavy atom. The summed E-state index contributed by atoms with van der Waals surface area (Å²) in [5, 5.41) is 5.30. The van der Waals surface area contributed by atoms with Gasteiger partial charge in [0.25, 0.3) is 0 Å². The number of piperidine rings is 1. The first kappa shape index (κ1) is 29.1. The zero-order chi connectivity index (χ0) is 30.2. The van der Waals surface area contributed by atoms with Gasteiger partial charge in [-0.3, -0.25) is 4.79 Å². The molecule has 0 bridgehead atoms. The van der Waals surface area contributed by atoms with E-state index in [1.165, 1.54) is 12.4 Å². The second-order valence-electron chi connectivity index (χ2n) is 9.73. The molecule has 42 heavy (non-hydrogen) atoms. The van der Waals surface area contributed by atoms with Crippen LogP contribution < -0.4 is 10.5 Å². The number of aromatic nitrogens is 4. The molecule has 5 rings (SSSR count). The Hall–Kier alpha value is -4.37. The van der Waals surface area contributed by atoms with Gasteiger partial charge >= 0.3 is 6.18 Å². The summed E-state index contributed by atoms with van der Waals surface area (Å²) in [6.45, 7) is 4.32. The number of benzene rings is 2. The van der Waals surface area contributed by atoms with Crippen LogP contribution in [0.2, 0.25) is 0 Å². The van der Waals surface area contributed by atoms with Crippen LogP contribution in [0.3, 0.4) is 0 Å². The molecule has 0 saturated carbocycles. The molecule has 1 atom stereocenters. The molecule has 1 aliphatic rings. The average molecular weight is 604 g/mol. The molecule has 1 fully saturated rings. The predicted molar refractivity (Wildman–Crippen MR) is 146 cm³/mol. The van der Waals surface area contributed by atoms with Gasteiger partial charge in [-0.15, -0.1) is 0 Å². The highest BCUT2D eigenvalue weighted by atomic mass is 32.2. The van der Waals surface area contributed by atoms with E-state index in [2.05, 4.69) is 21.3 Å². The van der Waals surface area contributed by atoms with Crippen LogP contribution in [0, 0.1) is 5.82 Å². The summed E-state index contributed by atoms with van der Waals surface area (Å²) in [6, 6.07) is 7.55. The highest BCUT2D eigenvalue weighted by molar-refractivity contribution is 7.89. The highest BCUT2D eigenvalue weighted by Gasteiger charge is 2.33. The summed E-state index contributed by atoms with van der Waals surface area (Å²) in [4.78, 5) is 21.6. The van der Waals surface area contributed by atoms with E-state index in [0.717, 1.165) is 12.8 Å². The number of alkyl halides is 3. The smallest absolute Gasteiger partial charge is 0.383 e. The quantitative estimate of drug-likeness (QED) is 0.240. The number of hydrogen-bond donors (Lipinski definition) is 2. The van der Waals surface area contributed by atoms with Crippen LogP contribution in [0.1, 0.15) is 30.0 Å². The van der Waals surface area contributed by atoms with E-state index in [4.69, 9.17) is 10.8 Å². The van der Waals surface area contributed by atoms with Crippen molar-refractivity contribution in [2.45, 2.75) is 36.5 Å². The summed E-state index contributed by atoms with van der Waals surface area (Å²) in [6.07, 6.45) is -0.780. The molecule has 15 heteroatoms. The zero-order valence-electron chi connectivity index (χ0n) is 22.0. The van der Waals surface area contributed by atoms with Gasteiger partial charge in [0.2, 0.25) is 15.9 Å². The first-order chi connectivity index (χ1) is 19.9. The normalized spacial score (nSPS) is 16.1. The number of sulfonamides is 1. The fraction of sp³-hybridized carbons (Fsp3) is 0.259. The maximum Gasteiger partial charge on any atom is 0.416 e. The second-order valence-corrected chi connectivity index (χ2v) is 11.5. The van der Waals surface area contributed by atoms with E-state index in [1.54, 1.807) is 33.8 Å². The minimum atomic E-state index is -4.91. The minimum Gasteiger partial charge on any atom is -0.383 e.